The van der Waals surface area contributed by atoms with Crippen LogP contribution in [0.4, 0.5) is 5.69 Å². The Morgan fingerprint density at radius 3 is 2.15 bits per heavy atom. The van der Waals surface area contributed by atoms with E-state index in [1.807, 2.05) is 30.3 Å². The third-order valence-corrected chi connectivity index (χ3v) is 7.12. The van der Waals surface area contributed by atoms with E-state index in [1.165, 1.54) is 19.2 Å². The number of benzene rings is 3. The lowest BCUT2D eigenvalue weighted by atomic mass is 9.95. The molecule has 0 bridgehead atoms. The first-order valence-corrected chi connectivity index (χ1v) is 14.5. The van der Waals surface area contributed by atoms with Gasteiger partial charge in [-0.2, -0.15) is 0 Å². The molecule has 5 N–H and O–H groups in total. The highest BCUT2D eigenvalue weighted by Gasteiger charge is 2.27. The zero-order chi connectivity index (χ0) is 33.4. The summed E-state index contributed by atoms with van der Waals surface area (Å²) in [5.41, 5.74) is 8.61. The van der Waals surface area contributed by atoms with Crippen LogP contribution in [-0.4, -0.2) is 47.7 Å². The number of hydrogen-bond donors (Lipinski definition) is 4. The zero-order valence-electron chi connectivity index (χ0n) is 25.9. The van der Waals surface area contributed by atoms with E-state index in [-0.39, 0.29) is 35.2 Å². The molecule has 11 nitrogen and oxygen atoms in total. The Kier molecular flexibility index (Phi) is 10.6. The Morgan fingerprint density at radius 2 is 1.52 bits per heavy atom. The second-order valence-corrected chi connectivity index (χ2v) is 10.8. The van der Waals surface area contributed by atoms with Gasteiger partial charge in [0.2, 0.25) is 0 Å². The van der Waals surface area contributed by atoms with Gasteiger partial charge in [0, 0.05) is 28.1 Å². The van der Waals surface area contributed by atoms with E-state index in [1.54, 1.807) is 63.2 Å². The maximum absolute atomic E-state index is 13.6. The number of carbonyl (C=O) groups is 4. The van der Waals surface area contributed by atoms with Crippen LogP contribution >= 0.6 is 0 Å². The summed E-state index contributed by atoms with van der Waals surface area (Å²) >= 11 is 0. The number of esters is 2. The number of rotatable bonds is 11. The number of nitrogens with two attached hydrogens (primary N) is 1. The van der Waals surface area contributed by atoms with Crippen molar-refractivity contribution in [2.75, 3.05) is 12.4 Å². The van der Waals surface area contributed by atoms with Gasteiger partial charge in [-0.3, -0.25) is 15.0 Å². The van der Waals surface area contributed by atoms with Gasteiger partial charge < -0.3 is 25.8 Å². The highest BCUT2D eigenvalue weighted by atomic mass is 16.5. The predicted octanol–water partition coefficient (Wildman–Crippen LogP) is 4.88. The van der Waals surface area contributed by atoms with Crippen molar-refractivity contribution in [1.29, 1.82) is 5.41 Å². The number of amidine groups is 1. The maximum Gasteiger partial charge on any atom is 0.339 e. The number of ether oxygens (including phenoxy) is 2. The quantitative estimate of drug-likeness (QED) is 0.104. The predicted molar refractivity (Wildman–Crippen MR) is 173 cm³/mol. The number of pyridine rings is 1. The minimum Gasteiger partial charge on any atom is -0.467 e. The van der Waals surface area contributed by atoms with Crippen molar-refractivity contribution in [3.8, 4) is 11.1 Å². The molecular weight excluding hydrogens is 586 g/mol. The number of methoxy groups -OCH3 is 1. The van der Waals surface area contributed by atoms with Crippen molar-refractivity contribution in [1.82, 2.24) is 10.3 Å². The number of hydrogen-bond acceptors (Lipinski definition) is 8. The van der Waals surface area contributed by atoms with E-state index in [0.29, 0.717) is 28.1 Å². The number of nitrogen functional groups attached to an aromatic ring is 1. The van der Waals surface area contributed by atoms with Gasteiger partial charge in [-0.05, 0) is 66.4 Å². The Bertz CT molecular complexity index is 1770. The molecule has 0 saturated carbocycles. The third-order valence-electron chi connectivity index (χ3n) is 7.12. The molecule has 0 spiro atoms. The van der Waals surface area contributed by atoms with E-state index in [9.17, 15) is 19.2 Å². The Hall–Kier alpha value is -5.84. The van der Waals surface area contributed by atoms with Crippen molar-refractivity contribution in [3.63, 3.8) is 0 Å². The minimum atomic E-state index is -0.910. The molecule has 4 rings (SSSR count). The van der Waals surface area contributed by atoms with Crippen LogP contribution in [0, 0.1) is 18.3 Å². The molecule has 1 atom stereocenters. The zero-order valence-corrected chi connectivity index (χ0v) is 25.9. The molecule has 2 amide bonds. The summed E-state index contributed by atoms with van der Waals surface area (Å²) in [6, 6.07) is 22.4. The molecule has 0 aliphatic rings. The first-order valence-electron chi connectivity index (χ1n) is 14.5. The summed E-state index contributed by atoms with van der Waals surface area (Å²) in [6.07, 6.45) is 0. The molecule has 0 fully saturated rings. The highest BCUT2D eigenvalue weighted by molar-refractivity contribution is 6.10. The summed E-state index contributed by atoms with van der Waals surface area (Å²) in [5, 5.41) is 13.1. The molecule has 4 aromatic rings. The van der Waals surface area contributed by atoms with Crippen LogP contribution in [0.15, 0.2) is 84.9 Å². The van der Waals surface area contributed by atoms with Gasteiger partial charge >= 0.3 is 11.9 Å². The van der Waals surface area contributed by atoms with Gasteiger partial charge in [-0.25, -0.2) is 14.6 Å². The normalized spacial score (nSPS) is 11.3. The molecule has 0 radical (unpaired) electrons. The number of nitrogens with one attached hydrogen (secondary N) is 3. The van der Waals surface area contributed by atoms with E-state index < -0.39 is 29.8 Å². The van der Waals surface area contributed by atoms with Crippen LogP contribution < -0.4 is 16.4 Å². The summed E-state index contributed by atoms with van der Waals surface area (Å²) in [6.45, 7) is 5.25. The molecule has 1 unspecified atom stereocenters. The monoisotopic (exact) mass is 621 g/mol. The van der Waals surface area contributed by atoms with Crippen molar-refractivity contribution in [3.05, 3.63) is 119 Å². The van der Waals surface area contributed by atoms with Crippen LogP contribution in [0.1, 0.15) is 61.9 Å². The third kappa shape index (κ3) is 8.00. The van der Waals surface area contributed by atoms with Gasteiger partial charge in [-0.15, -0.1) is 0 Å². The van der Waals surface area contributed by atoms with E-state index in [0.717, 1.165) is 5.56 Å². The van der Waals surface area contributed by atoms with Crippen molar-refractivity contribution >= 4 is 35.3 Å². The number of anilines is 1. The van der Waals surface area contributed by atoms with Gasteiger partial charge in [-0.1, -0.05) is 56.3 Å². The second kappa shape index (κ2) is 14.8. The Labute approximate surface area is 266 Å². The summed E-state index contributed by atoms with van der Waals surface area (Å²) < 4.78 is 10.5. The molecule has 11 heteroatoms. The molecule has 1 heterocycles. The van der Waals surface area contributed by atoms with Gasteiger partial charge in [0.1, 0.15) is 24.2 Å². The fourth-order valence-electron chi connectivity index (χ4n) is 4.61. The van der Waals surface area contributed by atoms with Crippen molar-refractivity contribution < 1.29 is 28.7 Å². The second-order valence-electron chi connectivity index (χ2n) is 10.8. The van der Waals surface area contributed by atoms with Gasteiger partial charge in [0.25, 0.3) is 11.8 Å². The molecular formula is C35H35N5O6. The first-order chi connectivity index (χ1) is 22.0. The first kappa shape index (κ1) is 33.1. The average molecular weight is 622 g/mol. The number of nitrogens with zero attached hydrogens (tertiary/aromatic N) is 1. The average Bonchev–Trinajstić information content (AvgIpc) is 3.05. The molecule has 46 heavy (non-hydrogen) atoms. The summed E-state index contributed by atoms with van der Waals surface area (Å²) in [5.74, 6) is -2.83. The molecule has 0 aliphatic heterocycles. The lowest BCUT2D eigenvalue weighted by Gasteiger charge is -2.20. The molecule has 0 saturated heterocycles. The number of aryl methyl sites for hydroxylation is 1. The summed E-state index contributed by atoms with van der Waals surface area (Å²) in [4.78, 5) is 57.3. The molecule has 236 valence electrons. The summed E-state index contributed by atoms with van der Waals surface area (Å²) in [7, 11) is 1.24. The number of carbonyl (C=O) groups excluding carboxylic acids is 4. The maximum atomic E-state index is 13.6. The topological polar surface area (TPSA) is 174 Å². The van der Waals surface area contributed by atoms with Crippen molar-refractivity contribution in [2.45, 2.75) is 33.4 Å². The fraction of sp³-hybridized carbons (Fsp3) is 0.200. The van der Waals surface area contributed by atoms with Crippen LogP contribution in [0.5, 0.6) is 0 Å². The van der Waals surface area contributed by atoms with Crippen LogP contribution in [0.2, 0.25) is 0 Å². The van der Waals surface area contributed by atoms with Crippen LogP contribution in [-0.2, 0) is 20.9 Å². The smallest absolute Gasteiger partial charge is 0.339 e. The van der Waals surface area contributed by atoms with Crippen LogP contribution in [0.25, 0.3) is 11.1 Å². The van der Waals surface area contributed by atoms with E-state index in [2.05, 4.69) is 15.6 Å². The molecule has 1 aromatic heterocycles. The van der Waals surface area contributed by atoms with Crippen LogP contribution in [0.3, 0.4) is 0 Å². The Balaban J connectivity index is 1.74. The minimum absolute atomic E-state index is 0.0215. The number of aromatic nitrogens is 1. The standard InChI is InChI=1S/C35H35N5O6/c1-20(2)29(35(44)45-4)40-32(41)24-13-17-26(28(18-24)34(43)46-19-22-8-6-5-7-9-22)27-16-10-21(3)38-30(27)33(42)39-25-14-11-23(12-15-25)31(36)37/h5-18,20,29H,19H2,1-4H3,(H3,36,37)(H,39,42)(H,40,41). The number of amides is 2. The molecule has 3 aromatic carbocycles. The lowest BCUT2D eigenvalue weighted by Crippen LogP contribution is -2.45. The Morgan fingerprint density at radius 1 is 0.870 bits per heavy atom. The van der Waals surface area contributed by atoms with E-state index >= 15 is 0 Å². The highest BCUT2D eigenvalue weighted by Crippen LogP contribution is 2.30. The largest absolute Gasteiger partial charge is 0.467 e. The van der Waals surface area contributed by atoms with Crippen molar-refractivity contribution in [2.24, 2.45) is 11.7 Å². The fourth-order valence-corrected chi connectivity index (χ4v) is 4.61. The van der Waals surface area contributed by atoms with Gasteiger partial charge in [0.15, 0.2) is 0 Å². The SMILES string of the molecule is COC(=O)C(NC(=O)c1ccc(-c2ccc(C)nc2C(=O)Nc2ccc(C(=N)N)cc2)c(C(=O)OCc2ccccc2)c1)C(C)C. The molecule has 0 aliphatic carbocycles. The van der Waals surface area contributed by atoms with E-state index in [4.69, 9.17) is 20.6 Å². The van der Waals surface area contributed by atoms with Gasteiger partial charge in [0.05, 0.1) is 12.7 Å². The lowest BCUT2D eigenvalue weighted by molar-refractivity contribution is -0.144.